The first-order valence-corrected chi connectivity index (χ1v) is 9.92. The maximum absolute atomic E-state index is 12.2. The van der Waals surface area contributed by atoms with Crippen molar-refractivity contribution in [2.75, 3.05) is 5.32 Å². The van der Waals surface area contributed by atoms with Crippen LogP contribution < -0.4 is 21.5 Å². The lowest BCUT2D eigenvalue weighted by Crippen LogP contribution is -2.46. The molecule has 0 unspecified atom stereocenters. The van der Waals surface area contributed by atoms with Crippen LogP contribution in [-0.2, 0) is 0 Å². The number of nitrogens with zero attached hydrogens (tertiary/aromatic N) is 3. The van der Waals surface area contributed by atoms with Crippen LogP contribution in [0.25, 0.3) is 11.0 Å². The zero-order valence-electron chi connectivity index (χ0n) is 16.9. The van der Waals surface area contributed by atoms with E-state index in [1.54, 1.807) is 0 Å². The van der Waals surface area contributed by atoms with Crippen molar-refractivity contribution in [2.24, 2.45) is 0 Å². The van der Waals surface area contributed by atoms with Gasteiger partial charge < -0.3 is 20.9 Å². The molecule has 2 heterocycles. The van der Waals surface area contributed by atoms with Crippen molar-refractivity contribution >= 4 is 23.0 Å². The number of H-pyrrole nitrogens is 1. The summed E-state index contributed by atoms with van der Waals surface area (Å²) in [4.78, 5) is 39.9. The van der Waals surface area contributed by atoms with Crippen molar-refractivity contribution in [2.45, 2.75) is 77.4 Å². The first-order valence-electron chi connectivity index (χ1n) is 9.92. The van der Waals surface area contributed by atoms with Crippen molar-refractivity contribution in [3.63, 3.8) is 0 Å². The van der Waals surface area contributed by atoms with Gasteiger partial charge in [-0.05, 0) is 39.5 Å². The van der Waals surface area contributed by atoms with Gasteiger partial charge >= 0.3 is 6.03 Å². The molecule has 2 amide bonds. The highest BCUT2D eigenvalue weighted by Crippen LogP contribution is 2.21. The lowest BCUT2D eigenvalue weighted by atomic mass is 9.91. The number of amides is 2. The molecule has 9 heteroatoms. The zero-order chi connectivity index (χ0) is 20.3. The van der Waals surface area contributed by atoms with Crippen LogP contribution in [0.3, 0.4) is 0 Å². The average Bonchev–Trinajstić information content (AvgIpc) is 2.62. The number of hydrogen-bond donors (Lipinski definition) is 4. The highest BCUT2D eigenvalue weighted by atomic mass is 16.2. The predicted octanol–water partition coefficient (Wildman–Crippen LogP) is 2.27. The highest BCUT2D eigenvalue weighted by molar-refractivity contribution is 5.74. The fourth-order valence-electron chi connectivity index (χ4n) is 3.34. The monoisotopic (exact) mass is 387 g/mol. The Labute approximate surface area is 164 Å². The number of aromatic amines is 1. The molecule has 4 N–H and O–H groups in total. The second-order valence-electron chi connectivity index (χ2n) is 8.00. The van der Waals surface area contributed by atoms with Gasteiger partial charge in [0, 0.05) is 30.2 Å². The molecule has 9 nitrogen and oxygen atoms in total. The summed E-state index contributed by atoms with van der Waals surface area (Å²) in [6, 6.07) is 0.431. The van der Waals surface area contributed by atoms with Crippen molar-refractivity contribution in [3.8, 4) is 0 Å². The quantitative estimate of drug-likeness (QED) is 0.624. The van der Waals surface area contributed by atoms with Gasteiger partial charge in [-0.1, -0.05) is 13.8 Å². The largest absolute Gasteiger partial charge is 0.351 e. The first-order chi connectivity index (χ1) is 13.3. The zero-order valence-corrected chi connectivity index (χ0v) is 16.9. The topological polar surface area (TPSA) is 125 Å². The Balaban J connectivity index is 1.61. The molecule has 0 atom stereocenters. The van der Waals surface area contributed by atoms with E-state index in [0.29, 0.717) is 22.8 Å². The van der Waals surface area contributed by atoms with E-state index in [0.717, 1.165) is 25.7 Å². The number of anilines is 1. The Hall–Kier alpha value is -2.71. The third-order valence-electron chi connectivity index (χ3n) is 4.84. The minimum Gasteiger partial charge on any atom is -0.351 e. The first kappa shape index (κ1) is 20.0. The third kappa shape index (κ3) is 4.96. The lowest BCUT2D eigenvalue weighted by Gasteiger charge is -2.29. The molecule has 0 aliphatic heterocycles. The Morgan fingerprint density at radius 3 is 2.43 bits per heavy atom. The number of nitrogens with one attached hydrogen (secondary N) is 4. The number of aromatic nitrogens is 4. The number of carbonyl (C=O) groups excluding carboxylic acids is 1. The van der Waals surface area contributed by atoms with Gasteiger partial charge in [0.15, 0.2) is 5.65 Å². The second-order valence-corrected chi connectivity index (χ2v) is 8.00. The fourth-order valence-corrected chi connectivity index (χ4v) is 3.34. The molecule has 152 valence electrons. The number of urea groups is 1. The molecule has 1 fully saturated rings. The minimum absolute atomic E-state index is 0.110. The molecule has 2 aromatic rings. The third-order valence-corrected chi connectivity index (χ3v) is 4.84. The summed E-state index contributed by atoms with van der Waals surface area (Å²) in [6.07, 6.45) is 5.13. The van der Waals surface area contributed by atoms with Gasteiger partial charge in [-0.15, -0.1) is 0 Å². The van der Waals surface area contributed by atoms with E-state index in [-0.39, 0.29) is 35.6 Å². The van der Waals surface area contributed by atoms with Gasteiger partial charge in [0.05, 0.1) is 0 Å². The molecule has 0 spiro atoms. The number of hydrogen-bond acceptors (Lipinski definition) is 6. The van der Waals surface area contributed by atoms with Crippen LogP contribution in [0.15, 0.2) is 11.0 Å². The lowest BCUT2D eigenvalue weighted by molar-refractivity contribution is 0.229. The van der Waals surface area contributed by atoms with Crippen molar-refractivity contribution < 1.29 is 4.79 Å². The van der Waals surface area contributed by atoms with Crippen LogP contribution in [0.2, 0.25) is 0 Å². The van der Waals surface area contributed by atoms with E-state index in [1.807, 2.05) is 27.7 Å². The SMILES string of the molecule is CC(C)NC(=O)NC1CCC(Nc2ncc3c(=O)[nH]c(C(C)C)nc3n2)CC1. The molecule has 0 radical (unpaired) electrons. The van der Waals surface area contributed by atoms with Gasteiger partial charge in [0.25, 0.3) is 5.56 Å². The van der Waals surface area contributed by atoms with Crippen LogP contribution >= 0.6 is 0 Å². The van der Waals surface area contributed by atoms with Crippen LogP contribution in [0.4, 0.5) is 10.7 Å². The second kappa shape index (κ2) is 8.53. The molecule has 0 bridgehead atoms. The van der Waals surface area contributed by atoms with Gasteiger partial charge in [-0.3, -0.25) is 4.79 Å². The molecular weight excluding hydrogens is 358 g/mol. The normalized spacial score (nSPS) is 19.8. The van der Waals surface area contributed by atoms with Gasteiger partial charge in [0.2, 0.25) is 5.95 Å². The van der Waals surface area contributed by atoms with Gasteiger partial charge in [-0.25, -0.2) is 14.8 Å². The average molecular weight is 387 g/mol. The van der Waals surface area contributed by atoms with E-state index >= 15 is 0 Å². The fraction of sp³-hybridized carbons (Fsp3) is 0.632. The van der Waals surface area contributed by atoms with Crippen LogP contribution in [0.1, 0.15) is 65.1 Å². The molecule has 0 saturated heterocycles. The standard InChI is InChI=1S/C19H29N7O2/c1-10(2)15-24-16-14(17(27)25-15)9-20-18(26-16)22-12-5-7-13(8-6-12)23-19(28)21-11(3)4/h9-13H,5-8H2,1-4H3,(H2,21,23,28)(H2,20,22,24,25,26,27). The van der Waals surface area contributed by atoms with E-state index in [4.69, 9.17) is 0 Å². The summed E-state index contributed by atoms with van der Waals surface area (Å²) in [6.45, 7) is 7.82. The number of rotatable bonds is 5. The summed E-state index contributed by atoms with van der Waals surface area (Å²) < 4.78 is 0. The van der Waals surface area contributed by atoms with E-state index < -0.39 is 0 Å². The summed E-state index contributed by atoms with van der Waals surface area (Å²) in [5.74, 6) is 1.21. The predicted molar refractivity (Wildman–Crippen MR) is 109 cm³/mol. The van der Waals surface area contributed by atoms with E-state index in [9.17, 15) is 9.59 Å². The Bertz CT molecular complexity index is 885. The number of fused-ring (bicyclic) bond motifs is 1. The highest BCUT2D eigenvalue weighted by Gasteiger charge is 2.23. The Morgan fingerprint density at radius 1 is 1.11 bits per heavy atom. The van der Waals surface area contributed by atoms with Crippen LogP contribution in [0.5, 0.6) is 0 Å². The maximum Gasteiger partial charge on any atom is 0.315 e. The molecule has 1 saturated carbocycles. The number of carbonyl (C=O) groups is 1. The smallest absolute Gasteiger partial charge is 0.315 e. The molecule has 3 rings (SSSR count). The maximum atomic E-state index is 12.2. The van der Waals surface area contributed by atoms with Crippen LogP contribution in [0, 0.1) is 0 Å². The summed E-state index contributed by atoms with van der Waals surface area (Å²) in [7, 11) is 0. The minimum atomic E-state index is -0.216. The molecular formula is C19H29N7O2. The summed E-state index contributed by atoms with van der Waals surface area (Å²) in [5, 5.41) is 9.61. The van der Waals surface area contributed by atoms with Crippen molar-refractivity contribution in [1.82, 2.24) is 30.6 Å². The molecule has 2 aromatic heterocycles. The van der Waals surface area contributed by atoms with Gasteiger partial charge in [-0.2, -0.15) is 4.98 Å². The van der Waals surface area contributed by atoms with Crippen molar-refractivity contribution in [1.29, 1.82) is 0 Å². The van der Waals surface area contributed by atoms with E-state index in [1.165, 1.54) is 6.20 Å². The molecule has 28 heavy (non-hydrogen) atoms. The van der Waals surface area contributed by atoms with Gasteiger partial charge in [0.1, 0.15) is 11.2 Å². The molecule has 1 aliphatic carbocycles. The Morgan fingerprint density at radius 2 is 1.79 bits per heavy atom. The summed E-state index contributed by atoms with van der Waals surface area (Å²) in [5.41, 5.74) is 0.192. The van der Waals surface area contributed by atoms with Crippen molar-refractivity contribution in [3.05, 3.63) is 22.4 Å². The Kier molecular flexibility index (Phi) is 6.11. The van der Waals surface area contributed by atoms with Crippen LogP contribution in [-0.4, -0.2) is 44.1 Å². The molecule has 0 aromatic carbocycles. The summed E-state index contributed by atoms with van der Waals surface area (Å²) >= 11 is 0. The van der Waals surface area contributed by atoms with E-state index in [2.05, 4.69) is 35.9 Å². The molecule has 1 aliphatic rings.